The van der Waals surface area contributed by atoms with E-state index in [1.54, 1.807) is 0 Å². The fraction of sp³-hybridized carbons (Fsp3) is 0.0909. The molecule has 0 saturated heterocycles. The first-order valence-electron chi connectivity index (χ1n) is 4.87. The van der Waals surface area contributed by atoms with Crippen molar-refractivity contribution in [1.82, 2.24) is 9.97 Å². The average molecular weight is 231 g/mol. The van der Waals surface area contributed by atoms with Crippen molar-refractivity contribution in [3.8, 4) is 11.6 Å². The van der Waals surface area contributed by atoms with Gasteiger partial charge in [-0.2, -0.15) is 0 Å². The van der Waals surface area contributed by atoms with Gasteiger partial charge in [-0.15, -0.1) is 11.3 Å². The Morgan fingerprint density at radius 2 is 2.12 bits per heavy atom. The molecule has 0 spiro atoms. The summed E-state index contributed by atoms with van der Waals surface area (Å²) >= 11 is 1.52. The highest BCUT2D eigenvalue weighted by Gasteiger charge is 2.10. The molecule has 0 aliphatic rings. The fourth-order valence-electron chi connectivity index (χ4n) is 1.48. The van der Waals surface area contributed by atoms with E-state index in [0.29, 0.717) is 12.4 Å². The monoisotopic (exact) mass is 231 g/mol. The van der Waals surface area contributed by atoms with Crippen LogP contribution >= 0.6 is 11.3 Å². The van der Waals surface area contributed by atoms with Gasteiger partial charge in [0.05, 0.1) is 0 Å². The fourth-order valence-corrected chi connectivity index (χ4v) is 2.13. The van der Waals surface area contributed by atoms with Gasteiger partial charge in [0.2, 0.25) is 5.89 Å². The van der Waals surface area contributed by atoms with Gasteiger partial charge in [-0.25, -0.2) is 9.97 Å². The zero-order valence-electron chi connectivity index (χ0n) is 8.38. The third kappa shape index (κ3) is 1.50. The van der Waals surface area contributed by atoms with E-state index in [4.69, 9.17) is 10.2 Å². The number of fused-ring (bicyclic) bond motifs is 1. The quantitative estimate of drug-likeness (QED) is 0.735. The predicted molar refractivity (Wildman–Crippen MR) is 63.0 cm³/mol. The third-order valence-electron chi connectivity index (χ3n) is 2.24. The molecule has 2 N–H and O–H groups in total. The van der Waals surface area contributed by atoms with Crippen molar-refractivity contribution in [2.24, 2.45) is 5.73 Å². The summed E-state index contributed by atoms with van der Waals surface area (Å²) < 4.78 is 5.60. The second kappa shape index (κ2) is 3.70. The Morgan fingerprint density at radius 1 is 1.25 bits per heavy atom. The van der Waals surface area contributed by atoms with E-state index in [1.165, 1.54) is 11.3 Å². The molecule has 5 heteroatoms. The highest BCUT2D eigenvalue weighted by molar-refractivity contribution is 7.09. The molecule has 0 saturated carbocycles. The normalized spacial score (nSPS) is 11.1. The van der Waals surface area contributed by atoms with Crippen LogP contribution in [0.2, 0.25) is 0 Å². The van der Waals surface area contributed by atoms with Crippen molar-refractivity contribution in [2.45, 2.75) is 6.54 Å². The number of para-hydroxylation sites is 2. The molecular formula is C11H9N3OS. The molecule has 0 fully saturated rings. The molecule has 1 aromatic carbocycles. The minimum atomic E-state index is 0.449. The number of hydrogen-bond acceptors (Lipinski definition) is 5. The van der Waals surface area contributed by atoms with Crippen LogP contribution in [0.1, 0.15) is 5.01 Å². The standard InChI is InChI=1S/C11H9N3OS/c12-5-10-13-8(6-16-10)11-14-7-3-1-2-4-9(7)15-11/h1-4,6H,5,12H2. The van der Waals surface area contributed by atoms with Gasteiger partial charge in [-0.1, -0.05) is 12.1 Å². The molecule has 0 amide bonds. The minimum absolute atomic E-state index is 0.449. The molecule has 3 aromatic rings. The van der Waals surface area contributed by atoms with Crippen LogP contribution in [0.25, 0.3) is 22.7 Å². The van der Waals surface area contributed by atoms with Crippen LogP contribution in [0.5, 0.6) is 0 Å². The first-order chi connectivity index (χ1) is 7.86. The summed E-state index contributed by atoms with van der Waals surface area (Å²) in [7, 11) is 0. The van der Waals surface area contributed by atoms with E-state index in [2.05, 4.69) is 9.97 Å². The van der Waals surface area contributed by atoms with Crippen molar-refractivity contribution < 1.29 is 4.42 Å². The molecule has 2 aromatic heterocycles. The minimum Gasteiger partial charge on any atom is -0.435 e. The summed E-state index contributed by atoms with van der Waals surface area (Å²) in [6.45, 7) is 0.449. The van der Waals surface area contributed by atoms with Crippen LogP contribution in [0.15, 0.2) is 34.1 Å². The third-order valence-corrected chi connectivity index (χ3v) is 3.11. The van der Waals surface area contributed by atoms with Crippen LogP contribution < -0.4 is 5.73 Å². The van der Waals surface area contributed by atoms with Crippen LogP contribution in [-0.2, 0) is 6.54 Å². The number of aromatic nitrogens is 2. The Kier molecular flexibility index (Phi) is 2.19. The Bertz CT molecular complexity index is 596. The van der Waals surface area contributed by atoms with Gasteiger partial charge in [0.1, 0.15) is 16.2 Å². The largest absolute Gasteiger partial charge is 0.435 e. The highest BCUT2D eigenvalue weighted by Crippen LogP contribution is 2.25. The maximum atomic E-state index is 5.60. The summed E-state index contributed by atoms with van der Waals surface area (Å²) in [5.74, 6) is 0.553. The van der Waals surface area contributed by atoms with Crippen molar-refractivity contribution >= 4 is 22.4 Å². The second-order valence-corrected chi connectivity index (χ2v) is 4.26. The molecular weight excluding hydrogens is 222 g/mol. The Balaban J connectivity index is 2.11. The summed E-state index contributed by atoms with van der Waals surface area (Å²) in [5, 5.41) is 2.80. The predicted octanol–water partition coefficient (Wildman–Crippen LogP) is 2.41. The van der Waals surface area contributed by atoms with Gasteiger partial charge in [0.15, 0.2) is 5.58 Å². The molecule has 4 nitrogen and oxygen atoms in total. The van der Waals surface area contributed by atoms with Crippen molar-refractivity contribution in [3.63, 3.8) is 0 Å². The van der Waals surface area contributed by atoms with E-state index < -0.39 is 0 Å². The van der Waals surface area contributed by atoms with Gasteiger partial charge >= 0.3 is 0 Å². The molecule has 0 aliphatic carbocycles. The second-order valence-electron chi connectivity index (χ2n) is 3.32. The summed E-state index contributed by atoms with van der Waals surface area (Å²) in [4.78, 5) is 8.70. The van der Waals surface area contributed by atoms with E-state index in [1.807, 2.05) is 29.6 Å². The number of nitrogens with zero attached hydrogens (tertiary/aromatic N) is 2. The molecule has 0 bridgehead atoms. The molecule has 2 heterocycles. The zero-order chi connectivity index (χ0) is 11.0. The maximum Gasteiger partial charge on any atom is 0.247 e. The van der Waals surface area contributed by atoms with Gasteiger partial charge in [0, 0.05) is 11.9 Å². The van der Waals surface area contributed by atoms with Gasteiger partial charge < -0.3 is 10.2 Å². The summed E-state index contributed by atoms with van der Waals surface area (Å²) in [5.41, 5.74) is 7.89. The van der Waals surface area contributed by atoms with Gasteiger partial charge in [-0.05, 0) is 12.1 Å². The number of hydrogen-bond donors (Lipinski definition) is 1. The molecule has 0 aliphatic heterocycles. The van der Waals surface area contributed by atoms with E-state index in [0.717, 1.165) is 21.8 Å². The Hall–Kier alpha value is -1.72. The van der Waals surface area contributed by atoms with Crippen molar-refractivity contribution in [2.75, 3.05) is 0 Å². The molecule has 0 radical (unpaired) electrons. The van der Waals surface area contributed by atoms with Crippen LogP contribution in [0.4, 0.5) is 0 Å². The number of rotatable bonds is 2. The Morgan fingerprint density at radius 3 is 2.88 bits per heavy atom. The lowest BCUT2D eigenvalue weighted by molar-refractivity contribution is 0.617. The first kappa shape index (κ1) is 9.50. The lowest BCUT2D eigenvalue weighted by Gasteiger charge is -1.85. The van der Waals surface area contributed by atoms with E-state index in [9.17, 15) is 0 Å². The molecule has 3 rings (SSSR count). The smallest absolute Gasteiger partial charge is 0.247 e. The first-order valence-corrected chi connectivity index (χ1v) is 5.75. The molecule has 16 heavy (non-hydrogen) atoms. The highest BCUT2D eigenvalue weighted by atomic mass is 32.1. The molecule has 80 valence electrons. The van der Waals surface area contributed by atoms with Gasteiger partial charge in [0.25, 0.3) is 0 Å². The van der Waals surface area contributed by atoms with E-state index >= 15 is 0 Å². The summed E-state index contributed by atoms with van der Waals surface area (Å²) in [6, 6.07) is 7.66. The molecule has 0 unspecified atom stereocenters. The number of thiazole rings is 1. The summed E-state index contributed by atoms with van der Waals surface area (Å²) in [6.07, 6.45) is 0. The Labute approximate surface area is 95.7 Å². The maximum absolute atomic E-state index is 5.60. The lowest BCUT2D eigenvalue weighted by atomic mass is 10.3. The number of nitrogens with two attached hydrogens (primary N) is 1. The van der Waals surface area contributed by atoms with Crippen molar-refractivity contribution in [1.29, 1.82) is 0 Å². The molecule has 0 atom stereocenters. The average Bonchev–Trinajstić information content (AvgIpc) is 2.95. The SMILES string of the molecule is NCc1nc(-c2nc3ccccc3o2)cs1. The van der Waals surface area contributed by atoms with Crippen LogP contribution in [0.3, 0.4) is 0 Å². The zero-order valence-corrected chi connectivity index (χ0v) is 9.20. The number of benzene rings is 1. The van der Waals surface area contributed by atoms with Crippen LogP contribution in [-0.4, -0.2) is 9.97 Å². The lowest BCUT2D eigenvalue weighted by Crippen LogP contribution is -1.94. The van der Waals surface area contributed by atoms with E-state index in [-0.39, 0.29) is 0 Å². The van der Waals surface area contributed by atoms with Gasteiger partial charge in [-0.3, -0.25) is 0 Å². The van der Waals surface area contributed by atoms with Crippen LogP contribution in [0, 0.1) is 0 Å². The number of oxazole rings is 1. The van der Waals surface area contributed by atoms with Crippen molar-refractivity contribution in [3.05, 3.63) is 34.7 Å². The topological polar surface area (TPSA) is 64.9 Å².